The first-order valence-electron chi connectivity index (χ1n) is 7.25. The summed E-state index contributed by atoms with van der Waals surface area (Å²) in [5, 5.41) is 2.55. The van der Waals surface area contributed by atoms with Crippen LogP contribution in [0, 0.1) is 51.9 Å². The van der Waals surface area contributed by atoms with Gasteiger partial charge < -0.3 is 0 Å². The molecule has 0 atom stereocenters. The van der Waals surface area contributed by atoms with E-state index in [-0.39, 0.29) is 33.6 Å². The predicted molar refractivity (Wildman–Crippen MR) is 105 cm³/mol. The van der Waals surface area contributed by atoms with Crippen molar-refractivity contribution in [1.29, 1.82) is 0 Å². The Morgan fingerprint density at radius 2 is 0.906 bits per heavy atom. The van der Waals surface area contributed by atoms with Gasteiger partial charge in [0, 0.05) is 33.6 Å². The van der Waals surface area contributed by atoms with Crippen LogP contribution in [0.1, 0.15) is 0 Å². The van der Waals surface area contributed by atoms with Crippen LogP contribution in [0.4, 0.5) is 0 Å². The molecule has 9 heteroatoms. The summed E-state index contributed by atoms with van der Waals surface area (Å²) < 4.78 is 45.0. The average molecular weight is 534 g/mol. The Morgan fingerprint density at radius 3 is 1.09 bits per heavy atom. The van der Waals surface area contributed by atoms with E-state index in [9.17, 15) is 0 Å². The topological polar surface area (TPSA) is 119 Å². The molecule has 0 fully saturated rings. The fourth-order valence-corrected chi connectivity index (χ4v) is 5.50. The monoisotopic (exact) mass is 534 g/mol. The summed E-state index contributed by atoms with van der Waals surface area (Å²) in [6, 6.07) is 21.7. The molecular weight excluding hydrogens is 518 g/mol. The number of terminal acetylenes is 1. The number of rotatable bonds is 4. The number of benzene rings is 2. The molecule has 0 aliphatic heterocycles. The van der Waals surface area contributed by atoms with Crippen LogP contribution in [0.2, 0.25) is 6.04 Å². The molecule has 0 saturated carbocycles. The smallest absolute Gasteiger partial charge is 0 e. The number of hydrogen-bond donors (Lipinski definition) is 0. The molecule has 2 aromatic carbocycles. The van der Waals surface area contributed by atoms with E-state index < -0.39 is 8.07 Å². The minimum atomic E-state index is -2.11. The first-order valence-corrected chi connectivity index (χ1v) is 9.46. The molecule has 0 heterocycles. The summed E-state index contributed by atoms with van der Waals surface area (Å²) >= 11 is 0. The van der Waals surface area contributed by atoms with Crippen molar-refractivity contribution in [1.82, 2.24) is 0 Å². The summed E-state index contributed by atoms with van der Waals surface area (Å²) in [4.78, 5) is 0. The molecular formula is C23H16Co2O6Si. The van der Waals surface area contributed by atoms with Crippen molar-refractivity contribution in [3.05, 3.63) is 113 Å². The van der Waals surface area contributed by atoms with E-state index in [1.54, 1.807) is 0 Å². The largest absolute Gasteiger partial charge is 0 e. The van der Waals surface area contributed by atoms with Crippen LogP contribution in [0.25, 0.3) is 0 Å². The molecule has 166 valence electrons. The molecule has 0 unspecified atom stereocenters. The minimum Gasteiger partial charge on any atom is 0 e. The summed E-state index contributed by atoms with van der Waals surface area (Å²) in [7, 11) is -2.11. The van der Waals surface area contributed by atoms with Gasteiger partial charge in [0.15, 0.2) is 0 Å². The molecule has 0 aromatic heterocycles. The van der Waals surface area contributed by atoms with Crippen LogP contribution < -0.4 is 10.4 Å². The second-order valence-corrected chi connectivity index (χ2v) is 7.94. The van der Waals surface area contributed by atoms with Gasteiger partial charge in [0.2, 0.25) is 8.07 Å². The van der Waals surface area contributed by atoms with Crippen LogP contribution in [-0.2, 0) is 61.5 Å². The van der Waals surface area contributed by atoms with Gasteiger partial charge in [-0.2, -0.15) is 0 Å². The van der Waals surface area contributed by atoms with Crippen LogP contribution in [-0.4, -0.2) is 8.07 Å². The van der Waals surface area contributed by atoms with Gasteiger partial charge in [-0.25, -0.2) is 0 Å². The van der Waals surface area contributed by atoms with Gasteiger partial charge in [-0.1, -0.05) is 66.7 Å². The zero-order valence-corrected chi connectivity index (χ0v) is 19.5. The van der Waals surface area contributed by atoms with Crippen LogP contribution in [0.15, 0.2) is 73.3 Å². The first kappa shape index (κ1) is 47.3. The van der Waals surface area contributed by atoms with E-state index in [2.05, 4.69) is 101 Å². The summed E-state index contributed by atoms with van der Waals surface area (Å²) in [5.74, 6) is 0. The van der Waals surface area contributed by atoms with Crippen molar-refractivity contribution in [3.63, 3.8) is 0 Å². The SMILES string of the molecule is C#C[Si](CC=C)(c1ccccc1)c1ccccc1.[C-]#[O+].[C-]#[O+].[C-]#[O+].[C-]#[O+].[C-]#[O+].[C-]#[O+].[Co].[Co]. The second-order valence-electron chi connectivity index (χ2n) is 4.27. The number of allylic oxidation sites excluding steroid dienone is 1. The average Bonchev–Trinajstić information content (AvgIpc) is 2.91. The Kier molecular flexibility index (Phi) is 62.8. The van der Waals surface area contributed by atoms with E-state index in [1.165, 1.54) is 10.4 Å². The fraction of sp³-hybridized carbons (Fsp3) is 0.0435. The minimum absolute atomic E-state index is 0. The maximum absolute atomic E-state index is 7.50. The standard InChI is InChI=1S/C17H16Si.6CO.2Co/c1-3-15-18(4-2,16-11-7-5-8-12-16)17-13-9-6-10-14-17;6*1-2;;/h2-3,5-14H,1,15H2;;;;;;;;. The Labute approximate surface area is 210 Å². The van der Waals surface area contributed by atoms with E-state index in [0.717, 1.165) is 6.04 Å². The first-order chi connectivity index (χ1) is 14.8. The van der Waals surface area contributed by atoms with Crippen molar-refractivity contribution >= 4 is 18.4 Å². The van der Waals surface area contributed by atoms with Gasteiger partial charge in [-0.15, -0.1) is 18.5 Å². The third-order valence-corrected chi connectivity index (χ3v) is 7.26. The third-order valence-electron chi connectivity index (χ3n) is 3.23. The summed E-state index contributed by atoms with van der Waals surface area (Å²) in [6.45, 7) is 30.9. The Bertz CT molecular complexity index is 734. The van der Waals surface area contributed by atoms with E-state index >= 15 is 0 Å². The maximum atomic E-state index is 7.50. The van der Waals surface area contributed by atoms with Gasteiger partial charge in [0.05, 0.1) is 0 Å². The quantitative estimate of drug-likeness (QED) is 0.188. The normalized spacial score (nSPS) is 6.34. The van der Waals surface area contributed by atoms with Crippen molar-refractivity contribution in [2.75, 3.05) is 0 Å². The molecule has 0 aliphatic carbocycles. The van der Waals surface area contributed by atoms with Crippen molar-refractivity contribution in [2.45, 2.75) is 6.04 Å². The zero-order valence-electron chi connectivity index (χ0n) is 16.5. The Balaban J connectivity index is -0.0000000779. The summed E-state index contributed by atoms with van der Waals surface area (Å²) in [5.41, 5.74) is 3.12. The molecule has 2 aromatic rings. The van der Waals surface area contributed by atoms with Crippen LogP contribution >= 0.6 is 0 Å². The second kappa shape index (κ2) is 42.5. The molecule has 0 bridgehead atoms. The fourth-order valence-electron chi connectivity index (χ4n) is 2.29. The molecule has 2 rings (SSSR count). The van der Waals surface area contributed by atoms with Gasteiger partial charge in [-0.3, -0.25) is 0 Å². The van der Waals surface area contributed by atoms with Gasteiger partial charge in [-0.05, 0) is 16.4 Å². The predicted octanol–water partition coefficient (Wildman–Crippen LogP) is 2.38. The third kappa shape index (κ3) is 18.2. The molecule has 0 saturated heterocycles. The zero-order chi connectivity index (χ0) is 24.8. The molecule has 0 aliphatic rings. The molecule has 0 amide bonds. The molecule has 2 radical (unpaired) electrons. The van der Waals surface area contributed by atoms with Gasteiger partial charge in [0.1, 0.15) is 0 Å². The Hall–Kier alpha value is -2.59. The van der Waals surface area contributed by atoms with Crippen molar-refractivity contribution in [3.8, 4) is 12.0 Å². The van der Waals surface area contributed by atoms with E-state index in [1.807, 2.05) is 18.2 Å². The number of hydrogen-bond acceptors (Lipinski definition) is 0. The molecule has 6 nitrogen and oxygen atoms in total. The van der Waals surface area contributed by atoms with Gasteiger partial charge >= 0.3 is 67.8 Å². The summed E-state index contributed by atoms with van der Waals surface area (Å²) in [6.07, 6.45) is 7.87. The van der Waals surface area contributed by atoms with Crippen molar-refractivity contribution < 1.29 is 61.5 Å². The molecule has 32 heavy (non-hydrogen) atoms. The maximum Gasteiger partial charge on any atom is 0 e. The molecule has 0 spiro atoms. The van der Waals surface area contributed by atoms with E-state index in [0.29, 0.717) is 0 Å². The van der Waals surface area contributed by atoms with Crippen LogP contribution in [0.3, 0.4) is 0 Å². The van der Waals surface area contributed by atoms with Crippen molar-refractivity contribution in [2.24, 2.45) is 0 Å². The molecule has 0 N–H and O–H groups in total. The van der Waals surface area contributed by atoms with E-state index in [4.69, 9.17) is 34.3 Å². The van der Waals surface area contributed by atoms with Gasteiger partial charge in [0.25, 0.3) is 0 Å². The van der Waals surface area contributed by atoms with Crippen LogP contribution in [0.5, 0.6) is 0 Å². The Morgan fingerprint density at radius 1 is 0.656 bits per heavy atom.